The second-order valence-corrected chi connectivity index (χ2v) is 8.35. The Morgan fingerprint density at radius 1 is 1.15 bits per heavy atom. The van der Waals surface area contributed by atoms with E-state index in [1.54, 1.807) is 13.2 Å². The van der Waals surface area contributed by atoms with Crippen molar-refractivity contribution in [3.05, 3.63) is 47.7 Å². The van der Waals surface area contributed by atoms with E-state index in [0.29, 0.717) is 5.82 Å². The quantitative estimate of drug-likeness (QED) is 0.816. The summed E-state index contributed by atoms with van der Waals surface area (Å²) in [6, 6.07) is 9.50. The van der Waals surface area contributed by atoms with Gasteiger partial charge in [-0.2, -0.15) is 5.10 Å². The number of benzene rings is 1. The Morgan fingerprint density at radius 3 is 2.42 bits per heavy atom. The number of anilines is 1. The molecule has 0 radical (unpaired) electrons. The maximum absolute atomic E-state index is 12.4. The van der Waals surface area contributed by atoms with Crippen LogP contribution in [-0.2, 0) is 15.7 Å². The minimum atomic E-state index is -0.234. The van der Waals surface area contributed by atoms with Crippen LogP contribution in [0.2, 0.25) is 0 Å². The van der Waals surface area contributed by atoms with Crippen LogP contribution in [-0.4, -0.2) is 22.8 Å². The molecule has 1 aromatic heterocycles. The van der Waals surface area contributed by atoms with Gasteiger partial charge in [0.05, 0.1) is 18.3 Å². The summed E-state index contributed by atoms with van der Waals surface area (Å²) < 4.78 is 7.06. The highest BCUT2D eigenvalue weighted by Crippen LogP contribution is 2.28. The normalized spacial score (nSPS) is 12.4. The molecule has 0 aliphatic carbocycles. The van der Waals surface area contributed by atoms with E-state index < -0.39 is 0 Å². The molecule has 0 fully saturated rings. The van der Waals surface area contributed by atoms with Gasteiger partial charge in [-0.15, -0.1) is 0 Å². The molecule has 0 bridgehead atoms. The first kappa shape index (κ1) is 19.8. The van der Waals surface area contributed by atoms with Gasteiger partial charge in [-0.3, -0.25) is 4.79 Å². The lowest BCUT2D eigenvalue weighted by atomic mass is 9.92. The molecule has 0 saturated carbocycles. The van der Waals surface area contributed by atoms with E-state index in [4.69, 9.17) is 9.84 Å². The smallest absolute Gasteiger partial charge is 0.249 e. The third kappa shape index (κ3) is 4.97. The van der Waals surface area contributed by atoms with Crippen molar-refractivity contribution in [2.24, 2.45) is 0 Å². The molecule has 1 heterocycles. The number of carbonyl (C=O) groups is 1. The summed E-state index contributed by atoms with van der Waals surface area (Å²) >= 11 is 0. The van der Waals surface area contributed by atoms with Gasteiger partial charge in [0.25, 0.3) is 0 Å². The molecule has 0 aliphatic heterocycles. The van der Waals surface area contributed by atoms with Crippen molar-refractivity contribution in [1.29, 1.82) is 0 Å². The average molecular weight is 355 g/mol. The lowest BCUT2D eigenvalue weighted by Crippen LogP contribution is -2.27. The molecular weight excluding hydrogens is 326 g/mol. The van der Waals surface area contributed by atoms with Gasteiger partial charge in [-0.05, 0) is 44.5 Å². The zero-order chi connectivity index (χ0) is 19.5. The van der Waals surface area contributed by atoms with Gasteiger partial charge in [0.2, 0.25) is 5.91 Å². The van der Waals surface area contributed by atoms with E-state index in [9.17, 15) is 4.79 Å². The molecule has 0 unspecified atom stereocenters. The molecule has 0 atom stereocenters. The van der Waals surface area contributed by atoms with Crippen LogP contribution in [0.25, 0.3) is 6.08 Å². The third-order valence-electron chi connectivity index (χ3n) is 3.89. The standard InChI is InChI=1S/C21H29N3O2/c1-20(2,3)17-14-18(24(23-17)21(4,5)6)22-19(25)12-11-15-9-8-10-16(13-15)26-7/h8-14H,1-7H3,(H,22,25)/b12-11+. The Bertz CT molecular complexity index is 805. The van der Waals surface area contributed by atoms with Gasteiger partial charge in [0.1, 0.15) is 11.6 Å². The first-order chi connectivity index (χ1) is 12.0. The maximum Gasteiger partial charge on any atom is 0.249 e. The second kappa shape index (κ2) is 7.36. The molecule has 1 amide bonds. The monoisotopic (exact) mass is 355 g/mol. The number of amides is 1. The molecule has 0 saturated heterocycles. The lowest BCUT2D eigenvalue weighted by Gasteiger charge is -2.22. The van der Waals surface area contributed by atoms with Gasteiger partial charge >= 0.3 is 0 Å². The van der Waals surface area contributed by atoms with Gasteiger partial charge in [0, 0.05) is 17.6 Å². The van der Waals surface area contributed by atoms with Crippen LogP contribution in [0.3, 0.4) is 0 Å². The predicted molar refractivity (Wildman–Crippen MR) is 107 cm³/mol. The molecule has 5 heteroatoms. The average Bonchev–Trinajstić information content (AvgIpc) is 2.97. The molecule has 0 spiro atoms. The summed E-state index contributed by atoms with van der Waals surface area (Å²) in [5.74, 6) is 1.26. The van der Waals surface area contributed by atoms with Crippen molar-refractivity contribution in [2.75, 3.05) is 12.4 Å². The largest absolute Gasteiger partial charge is 0.497 e. The summed E-state index contributed by atoms with van der Waals surface area (Å²) in [5, 5.41) is 7.66. The number of methoxy groups -OCH3 is 1. The van der Waals surface area contributed by atoms with Crippen LogP contribution < -0.4 is 10.1 Å². The number of rotatable bonds is 4. The molecule has 140 valence electrons. The summed E-state index contributed by atoms with van der Waals surface area (Å²) in [4.78, 5) is 12.4. The molecule has 1 N–H and O–H groups in total. The SMILES string of the molecule is COc1cccc(/C=C/C(=O)Nc2cc(C(C)(C)C)nn2C(C)(C)C)c1. The Labute approximate surface area is 156 Å². The first-order valence-corrected chi connectivity index (χ1v) is 8.75. The number of ether oxygens (including phenoxy) is 1. The zero-order valence-electron chi connectivity index (χ0n) is 16.8. The Hall–Kier alpha value is -2.56. The molecule has 26 heavy (non-hydrogen) atoms. The fraction of sp³-hybridized carbons (Fsp3) is 0.429. The van der Waals surface area contributed by atoms with Crippen LogP contribution in [0.15, 0.2) is 36.4 Å². The zero-order valence-corrected chi connectivity index (χ0v) is 16.8. The molecular formula is C21H29N3O2. The summed E-state index contributed by atoms with van der Waals surface area (Å²) in [6.45, 7) is 12.5. The van der Waals surface area contributed by atoms with E-state index in [-0.39, 0.29) is 16.9 Å². The van der Waals surface area contributed by atoms with Gasteiger partial charge in [0.15, 0.2) is 0 Å². The summed E-state index contributed by atoms with van der Waals surface area (Å²) in [7, 11) is 1.62. The minimum absolute atomic E-state index is 0.0909. The fourth-order valence-electron chi connectivity index (χ4n) is 2.43. The minimum Gasteiger partial charge on any atom is -0.497 e. The first-order valence-electron chi connectivity index (χ1n) is 8.75. The van der Waals surface area contributed by atoms with Crippen molar-refractivity contribution in [2.45, 2.75) is 52.5 Å². The third-order valence-corrected chi connectivity index (χ3v) is 3.89. The molecule has 5 nitrogen and oxygen atoms in total. The number of nitrogens with one attached hydrogen (secondary N) is 1. The lowest BCUT2D eigenvalue weighted by molar-refractivity contribution is -0.111. The molecule has 0 aliphatic rings. The summed E-state index contributed by atoms with van der Waals surface area (Å²) in [5.41, 5.74) is 1.52. The number of aromatic nitrogens is 2. The molecule has 2 rings (SSSR count). The Morgan fingerprint density at radius 2 is 1.85 bits per heavy atom. The number of hydrogen-bond donors (Lipinski definition) is 1. The van der Waals surface area contributed by atoms with E-state index in [0.717, 1.165) is 17.0 Å². The second-order valence-electron chi connectivity index (χ2n) is 8.35. The molecule has 1 aromatic carbocycles. The predicted octanol–water partition coefficient (Wildman–Crippen LogP) is 4.60. The van der Waals surface area contributed by atoms with Crippen molar-refractivity contribution >= 4 is 17.8 Å². The van der Waals surface area contributed by atoms with Crippen LogP contribution >= 0.6 is 0 Å². The maximum atomic E-state index is 12.4. The highest BCUT2D eigenvalue weighted by Gasteiger charge is 2.25. The van der Waals surface area contributed by atoms with Crippen LogP contribution in [0.5, 0.6) is 5.75 Å². The Kier molecular flexibility index (Phi) is 5.59. The van der Waals surface area contributed by atoms with E-state index in [2.05, 4.69) is 46.9 Å². The van der Waals surface area contributed by atoms with Crippen LogP contribution in [0.4, 0.5) is 5.82 Å². The van der Waals surface area contributed by atoms with Crippen molar-refractivity contribution < 1.29 is 9.53 Å². The fourth-order valence-corrected chi connectivity index (χ4v) is 2.43. The van der Waals surface area contributed by atoms with Gasteiger partial charge in [-0.1, -0.05) is 32.9 Å². The van der Waals surface area contributed by atoms with Crippen LogP contribution in [0.1, 0.15) is 52.8 Å². The van der Waals surface area contributed by atoms with Crippen molar-refractivity contribution in [3.63, 3.8) is 0 Å². The topological polar surface area (TPSA) is 56.1 Å². The van der Waals surface area contributed by atoms with E-state index >= 15 is 0 Å². The highest BCUT2D eigenvalue weighted by atomic mass is 16.5. The molecule has 2 aromatic rings. The summed E-state index contributed by atoms with van der Waals surface area (Å²) in [6.07, 6.45) is 3.28. The number of hydrogen-bond acceptors (Lipinski definition) is 3. The van der Waals surface area contributed by atoms with E-state index in [1.165, 1.54) is 6.08 Å². The Balaban J connectivity index is 2.22. The number of carbonyl (C=O) groups excluding carboxylic acids is 1. The van der Waals surface area contributed by atoms with Gasteiger partial charge in [-0.25, -0.2) is 4.68 Å². The van der Waals surface area contributed by atoms with Crippen LogP contribution in [0, 0.1) is 0 Å². The van der Waals surface area contributed by atoms with Gasteiger partial charge < -0.3 is 10.1 Å². The highest BCUT2D eigenvalue weighted by molar-refractivity contribution is 6.01. The van der Waals surface area contributed by atoms with Crippen molar-refractivity contribution in [3.8, 4) is 5.75 Å². The number of nitrogens with zero attached hydrogens (tertiary/aromatic N) is 2. The van der Waals surface area contributed by atoms with E-state index in [1.807, 2.05) is 35.0 Å². The van der Waals surface area contributed by atoms with Crippen molar-refractivity contribution in [1.82, 2.24) is 9.78 Å².